The number of β-amino-alcohol motifs (C(OH)–C–C–N with tert-alkyl or cyclic N) is 1. The topological polar surface area (TPSA) is 104 Å². The van der Waals surface area contributed by atoms with E-state index in [4.69, 9.17) is 10.8 Å². The van der Waals surface area contributed by atoms with Crippen LogP contribution < -0.4 is 5.73 Å². The van der Waals surface area contributed by atoms with Gasteiger partial charge in [-0.1, -0.05) is 0 Å². The van der Waals surface area contributed by atoms with E-state index in [9.17, 15) is 14.7 Å². The number of aliphatic hydroxyl groups is 1. The van der Waals surface area contributed by atoms with Crippen molar-refractivity contribution in [3.05, 3.63) is 0 Å². The maximum Gasteiger partial charge on any atom is 0.326 e. The summed E-state index contributed by atoms with van der Waals surface area (Å²) in [4.78, 5) is 23.3. The van der Waals surface area contributed by atoms with Crippen molar-refractivity contribution in [1.29, 1.82) is 0 Å². The SMILES string of the molecule is C[C@H](N)C(=O)N1CC(O)CC1C(=O)O. The second-order valence-electron chi connectivity index (χ2n) is 3.52. The molecule has 0 aliphatic carbocycles. The summed E-state index contributed by atoms with van der Waals surface area (Å²) in [6.07, 6.45) is -0.688. The predicted molar refractivity (Wildman–Crippen MR) is 47.4 cm³/mol. The summed E-state index contributed by atoms with van der Waals surface area (Å²) in [7, 11) is 0. The molecule has 0 spiro atoms. The lowest BCUT2D eigenvalue weighted by Crippen LogP contribution is -2.47. The Bertz CT molecular complexity index is 254. The first-order chi connectivity index (χ1) is 6.43. The molecule has 0 saturated carbocycles. The number of carboxylic acids is 1. The van der Waals surface area contributed by atoms with Gasteiger partial charge in [-0.25, -0.2) is 4.79 Å². The number of nitrogens with zero attached hydrogens (tertiary/aromatic N) is 1. The molecule has 1 fully saturated rings. The Morgan fingerprint density at radius 3 is 2.57 bits per heavy atom. The molecule has 0 radical (unpaired) electrons. The molecule has 14 heavy (non-hydrogen) atoms. The highest BCUT2D eigenvalue weighted by Gasteiger charge is 2.39. The second kappa shape index (κ2) is 3.93. The van der Waals surface area contributed by atoms with Gasteiger partial charge in [-0.3, -0.25) is 4.79 Å². The standard InChI is InChI=1S/C8H14N2O4/c1-4(9)7(12)10-3-5(11)2-6(10)8(13)14/h4-6,11H,2-3,9H2,1H3,(H,13,14)/t4-,5?,6?/m0/s1. The van der Waals surface area contributed by atoms with Gasteiger partial charge < -0.3 is 20.8 Å². The summed E-state index contributed by atoms with van der Waals surface area (Å²) in [5.41, 5.74) is 5.36. The van der Waals surface area contributed by atoms with Crippen LogP contribution in [0.4, 0.5) is 0 Å². The highest BCUT2D eigenvalue weighted by atomic mass is 16.4. The summed E-state index contributed by atoms with van der Waals surface area (Å²) in [5.74, 6) is -1.54. The molecule has 0 aromatic heterocycles. The zero-order valence-electron chi connectivity index (χ0n) is 7.88. The Balaban J connectivity index is 2.76. The van der Waals surface area contributed by atoms with Crippen molar-refractivity contribution in [1.82, 2.24) is 4.90 Å². The number of hydrogen-bond acceptors (Lipinski definition) is 4. The van der Waals surface area contributed by atoms with Gasteiger partial charge in [-0.2, -0.15) is 0 Å². The van der Waals surface area contributed by atoms with Crippen molar-refractivity contribution >= 4 is 11.9 Å². The van der Waals surface area contributed by atoms with E-state index in [1.54, 1.807) is 0 Å². The number of nitrogens with two attached hydrogens (primary N) is 1. The van der Waals surface area contributed by atoms with Crippen LogP contribution in [0.15, 0.2) is 0 Å². The molecule has 1 saturated heterocycles. The normalized spacial score (nSPS) is 28.9. The summed E-state index contributed by atoms with van der Waals surface area (Å²) >= 11 is 0. The van der Waals surface area contributed by atoms with E-state index in [1.165, 1.54) is 6.92 Å². The highest BCUT2D eigenvalue weighted by Crippen LogP contribution is 2.18. The monoisotopic (exact) mass is 202 g/mol. The number of amides is 1. The molecule has 3 atom stereocenters. The van der Waals surface area contributed by atoms with Crippen molar-refractivity contribution in [2.45, 2.75) is 31.5 Å². The van der Waals surface area contributed by atoms with E-state index < -0.39 is 30.1 Å². The Hall–Kier alpha value is -1.14. The Kier molecular flexibility index (Phi) is 3.07. The summed E-state index contributed by atoms with van der Waals surface area (Å²) in [5, 5.41) is 18.0. The number of likely N-dealkylation sites (tertiary alicyclic amines) is 1. The molecule has 1 aliphatic heterocycles. The maximum atomic E-state index is 11.4. The van der Waals surface area contributed by atoms with Crippen LogP contribution in [0.2, 0.25) is 0 Å². The molecule has 6 heteroatoms. The average molecular weight is 202 g/mol. The minimum Gasteiger partial charge on any atom is -0.480 e. The number of hydrogen-bond donors (Lipinski definition) is 3. The molecule has 4 N–H and O–H groups in total. The van der Waals surface area contributed by atoms with Gasteiger partial charge >= 0.3 is 5.97 Å². The molecule has 0 bridgehead atoms. The predicted octanol–water partition coefficient (Wildman–Crippen LogP) is -1.62. The zero-order valence-corrected chi connectivity index (χ0v) is 7.88. The van der Waals surface area contributed by atoms with Crippen LogP contribution >= 0.6 is 0 Å². The van der Waals surface area contributed by atoms with E-state index in [1.807, 2.05) is 0 Å². The largest absolute Gasteiger partial charge is 0.480 e. The summed E-state index contributed by atoms with van der Waals surface area (Å²) in [6.45, 7) is 1.54. The number of carbonyl (C=O) groups excluding carboxylic acids is 1. The van der Waals surface area contributed by atoms with E-state index in [-0.39, 0.29) is 13.0 Å². The number of aliphatic hydroxyl groups excluding tert-OH is 1. The molecule has 80 valence electrons. The Labute approximate surface area is 81.3 Å². The molecule has 6 nitrogen and oxygen atoms in total. The minimum absolute atomic E-state index is 0.0529. The molecule has 0 aromatic carbocycles. The van der Waals surface area contributed by atoms with Crippen LogP contribution in [0.1, 0.15) is 13.3 Å². The fraction of sp³-hybridized carbons (Fsp3) is 0.750. The lowest BCUT2D eigenvalue weighted by molar-refractivity contribution is -0.148. The molecular formula is C8H14N2O4. The van der Waals surface area contributed by atoms with Crippen LogP contribution in [0, 0.1) is 0 Å². The van der Waals surface area contributed by atoms with Gasteiger partial charge in [0.1, 0.15) is 6.04 Å². The fourth-order valence-electron chi connectivity index (χ4n) is 1.55. The molecule has 1 heterocycles. The van der Waals surface area contributed by atoms with Crippen LogP contribution in [0.5, 0.6) is 0 Å². The van der Waals surface area contributed by atoms with Crippen molar-refractivity contribution in [2.75, 3.05) is 6.54 Å². The van der Waals surface area contributed by atoms with Gasteiger partial charge in [0.15, 0.2) is 0 Å². The van der Waals surface area contributed by atoms with E-state index >= 15 is 0 Å². The van der Waals surface area contributed by atoms with Gasteiger partial charge in [0.25, 0.3) is 0 Å². The van der Waals surface area contributed by atoms with Crippen molar-refractivity contribution in [3.8, 4) is 0 Å². The lowest BCUT2D eigenvalue weighted by Gasteiger charge is -2.22. The third kappa shape index (κ3) is 2.02. The van der Waals surface area contributed by atoms with Crippen LogP contribution in [-0.4, -0.2) is 51.7 Å². The first-order valence-electron chi connectivity index (χ1n) is 4.40. The first kappa shape index (κ1) is 10.9. The Morgan fingerprint density at radius 1 is 1.57 bits per heavy atom. The third-order valence-electron chi connectivity index (χ3n) is 2.24. The van der Waals surface area contributed by atoms with Crippen molar-refractivity contribution in [2.24, 2.45) is 5.73 Å². The summed E-state index contributed by atoms with van der Waals surface area (Å²) < 4.78 is 0. The molecular weight excluding hydrogens is 188 g/mol. The highest BCUT2D eigenvalue weighted by molar-refractivity contribution is 5.87. The van der Waals surface area contributed by atoms with Crippen LogP contribution in [-0.2, 0) is 9.59 Å². The smallest absolute Gasteiger partial charge is 0.326 e. The van der Waals surface area contributed by atoms with E-state index in [0.29, 0.717) is 0 Å². The quantitative estimate of drug-likeness (QED) is 0.499. The van der Waals surface area contributed by atoms with Crippen LogP contribution in [0.25, 0.3) is 0 Å². The van der Waals surface area contributed by atoms with Gasteiger partial charge in [-0.15, -0.1) is 0 Å². The molecule has 0 aromatic rings. The van der Waals surface area contributed by atoms with Crippen molar-refractivity contribution < 1.29 is 19.8 Å². The van der Waals surface area contributed by atoms with Gasteiger partial charge in [0, 0.05) is 13.0 Å². The molecule has 1 aliphatic rings. The minimum atomic E-state index is -1.10. The van der Waals surface area contributed by atoms with E-state index in [2.05, 4.69) is 0 Å². The second-order valence-corrected chi connectivity index (χ2v) is 3.52. The first-order valence-corrected chi connectivity index (χ1v) is 4.40. The average Bonchev–Trinajstić information content (AvgIpc) is 2.45. The summed E-state index contributed by atoms with van der Waals surface area (Å²) in [6, 6.07) is -1.68. The van der Waals surface area contributed by atoms with Crippen molar-refractivity contribution in [3.63, 3.8) is 0 Å². The molecule has 2 unspecified atom stereocenters. The number of carboxylic acid groups (broad SMARTS) is 1. The van der Waals surface area contributed by atoms with E-state index in [0.717, 1.165) is 4.90 Å². The lowest BCUT2D eigenvalue weighted by atomic mass is 10.2. The number of rotatable bonds is 2. The zero-order chi connectivity index (χ0) is 10.9. The van der Waals surface area contributed by atoms with Gasteiger partial charge in [0.05, 0.1) is 12.1 Å². The number of aliphatic carboxylic acids is 1. The van der Waals surface area contributed by atoms with Crippen LogP contribution in [0.3, 0.4) is 0 Å². The maximum absolute atomic E-state index is 11.4. The van der Waals surface area contributed by atoms with Gasteiger partial charge in [0.2, 0.25) is 5.91 Å². The third-order valence-corrected chi connectivity index (χ3v) is 2.24. The van der Waals surface area contributed by atoms with Gasteiger partial charge in [-0.05, 0) is 6.92 Å². The Morgan fingerprint density at radius 2 is 2.14 bits per heavy atom. The molecule has 1 rings (SSSR count). The fourth-order valence-corrected chi connectivity index (χ4v) is 1.55. The number of carbonyl (C=O) groups is 2. The molecule has 1 amide bonds.